The maximum Gasteiger partial charge on any atom is 0.338 e. The van der Waals surface area contributed by atoms with E-state index in [0.29, 0.717) is 0 Å². The van der Waals surface area contributed by atoms with Gasteiger partial charge in [0.25, 0.3) is 5.56 Å². The zero-order chi connectivity index (χ0) is 10.2. The standard InChI is InChI=1S/C7H5BrClNO3/c1-10-2-3(7(12)13)5(9)4(8)6(10)11/h2H,1H3,(H,12,13). The Balaban J connectivity index is 3.60. The minimum atomic E-state index is -1.17. The van der Waals surface area contributed by atoms with Gasteiger partial charge in [-0.2, -0.15) is 0 Å². The second kappa shape index (κ2) is 3.51. The van der Waals surface area contributed by atoms with Crippen LogP contribution in [0.5, 0.6) is 0 Å². The smallest absolute Gasteiger partial charge is 0.338 e. The summed E-state index contributed by atoms with van der Waals surface area (Å²) < 4.78 is 1.22. The van der Waals surface area contributed by atoms with E-state index in [1.165, 1.54) is 13.2 Å². The number of pyridine rings is 1. The van der Waals surface area contributed by atoms with E-state index >= 15 is 0 Å². The van der Waals surface area contributed by atoms with Crippen molar-refractivity contribution in [2.75, 3.05) is 0 Å². The summed E-state index contributed by atoms with van der Waals surface area (Å²) in [5, 5.41) is 8.61. The van der Waals surface area contributed by atoms with Crippen molar-refractivity contribution in [1.29, 1.82) is 0 Å². The number of halogens is 2. The summed E-state index contributed by atoms with van der Waals surface area (Å²) in [5.41, 5.74) is -0.467. The number of hydrogen-bond donors (Lipinski definition) is 1. The molecule has 0 bridgehead atoms. The number of aromatic carboxylic acids is 1. The Hall–Kier alpha value is -0.810. The average Bonchev–Trinajstić information content (AvgIpc) is 2.07. The van der Waals surface area contributed by atoms with Gasteiger partial charge >= 0.3 is 5.97 Å². The third kappa shape index (κ3) is 1.76. The van der Waals surface area contributed by atoms with Crippen LogP contribution in [0.3, 0.4) is 0 Å². The summed E-state index contributed by atoms with van der Waals surface area (Å²) in [5.74, 6) is -1.17. The van der Waals surface area contributed by atoms with Crippen molar-refractivity contribution >= 4 is 33.5 Å². The minimum absolute atomic E-state index is 0.0663. The molecule has 0 atom stereocenters. The Bertz CT molecular complexity index is 426. The highest BCUT2D eigenvalue weighted by Gasteiger charge is 2.15. The summed E-state index contributed by atoms with van der Waals surface area (Å²) in [6, 6.07) is 0. The lowest BCUT2D eigenvalue weighted by Gasteiger charge is -2.03. The number of hydrogen-bond acceptors (Lipinski definition) is 2. The van der Waals surface area contributed by atoms with E-state index in [2.05, 4.69) is 15.9 Å². The number of nitrogens with zero attached hydrogens (tertiary/aromatic N) is 1. The van der Waals surface area contributed by atoms with E-state index in [1.54, 1.807) is 0 Å². The van der Waals surface area contributed by atoms with Gasteiger partial charge in [0.05, 0.1) is 10.6 Å². The molecule has 0 fully saturated rings. The highest BCUT2D eigenvalue weighted by Crippen LogP contribution is 2.22. The topological polar surface area (TPSA) is 59.3 Å². The van der Waals surface area contributed by atoms with Crippen LogP contribution in [0.2, 0.25) is 5.02 Å². The number of carboxylic acids is 1. The van der Waals surface area contributed by atoms with E-state index in [9.17, 15) is 9.59 Å². The van der Waals surface area contributed by atoms with Crippen molar-refractivity contribution in [2.24, 2.45) is 7.05 Å². The largest absolute Gasteiger partial charge is 0.478 e. The van der Waals surface area contributed by atoms with Gasteiger partial charge in [-0.25, -0.2) is 4.79 Å². The number of carboxylic acid groups (broad SMARTS) is 1. The van der Waals surface area contributed by atoms with Gasteiger partial charge in [-0.15, -0.1) is 0 Å². The molecule has 13 heavy (non-hydrogen) atoms. The van der Waals surface area contributed by atoms with Crippen LogP contribution in [-0.2, 0) is 7.05 Å². The van der Waals surface area contributed by atoms with Crippen LogP contribution >= 0.6 is 27.5 Å². The average molecular weight is 266 g/mol. The fraction of sp³-hybridized carbons (Fsp3) is 0.143. The van der Waals surface area contributed by atoms with Crippen LogP contribution < -0.4 is 5.56 Å². The molecule has 0 unspecified atom stereocenters. The second-order valence-electron chi connectivity index (χ2n) is 2.39. The summed E-state index contributed by atoms with van der Waals surface area (Å²) in [7, 11) is 1.45. The van der Waals surface area contributed by atoms with Gasteiger partial charge in [0.2, 0.25) is 0 Å². The first-order valence-electron chi connectivity index (χ1n) is 3.23. The Labute approximate surface area is 86.9 Å². The van der Waals surface area contributed by atoms with Gasteiger partial charge in [-0.3, -0.25) is 4.79 Å². The zero-order valence-electron chi connectivity index (χ0n) is 6.54. The fourth-order valence-electron chi connectivity index (χ4n) is 0.825. The molecule has 1 aromatic heterocycles. The first-order chi connectivity index (χ1) is 5.95. The third-order valence-corrected chi connectivity index (χ3v) is 2.85. The summed E-state index contributed by atoms with van der Waals surface area (Å²) in [4.78, 5) is 21.8. The van der Waals surface area contributed by atoms with Gasteiger partial charge in [0, 0.05) is 13.2 Å². The first kappa shape index (κ1) is 10.3. The van der Waals surface area contributed by atoms with Gasteiger partial charge in [0.15, 0.2) is 0 Å². The lowest BCUT2D eigenvalue weighted by molar-refractivity contribution is 0.0696. The predicted molar refractivity (Wildman–Crippen MR) is 51.4 cm³/mol. The Morgan fingerprint density at radius 2 is 2.23 bits per heavy atom. The molecule has 1 aromatic rings. The summed E-state index contributed by atoms with van der Waals surface area (Å²) in [6.45, 7) is 0. The molecule has 0 aliphatic carbocycles. The number of aromatic nitrogens is 1. The van der Waals surface area contributed by atoms with E-state index in [4.69, 9.17) is 16.7 Å². The van der Waals surface area contributed by atoms with E-state index < -0.39 is 5.97 Å². The molecule has 0 saturated carbocycles. The van der Waals surface area contributed by atoms with Crippen molar-refractivity contribution in [3.8, 4) is 0 Å². The Kier molecular flexibility index (Phi) is 2.77. The molecule has 0 aromatic carbocycles. The van der Waals surface area contributed by atoms with Crippen LogP contribution in [0.25, 0.3) is 0 Å². The van der Waals surface area contributed by atoms with Crippen LogP contribution in [-0.4, -0.2) is 15.6 Å². The quantitative estimate of drug-likeness (QED) is 0.838. The molecule has 70 valence electrons. The number of rotatable bonds is 1. The molecule has 0 spiro atoms. The highest BCUT2D eigenvalue weighted by atomic mass is 79.9. The fourth-order valence-corrected chi connectivity index (χ4v) is 1.53. The Morgan fingerprint density at radius 1 is 1.69 bits per heavy atom. The van der Waals surface area contributed by atoms with Crippen LogP contribution in [0, 0.1) is 0 Å². The molecule has 1 rings (SSSR count). The summed E-state index contributed by atoms with van der Waals surface area (Å²) >= 11 is 8.54. The second-order valence-corrected chi connectivity index (χ2v) is 3.56. The van der Waals surface area contributed by atoms with Gasteiger partial charge in [0.1, 0.15) is 4.47 Å². The van der Waals surface area contributed by atoms with Gasteiger partial charge in [-0.05, 0) is 15.9 Å². The molecule has 0 amide bonds. The lowest BCUT2D eigenvalue weighted by Crippen LogP contribution is -2.19. The molecular weight excluding hydrogens is 261 g/mol. The molecule has 4 nitrogen and oxygen atoms in total. The monoisotopic (exact) mass is 265 g/mol. The maximum atomic E-state index is 11.2. The van der Waals surface area contributed by atoms with Crippen molar-refractivity contribution in [1.82, 2.24) is 4.57 Å². The van der Waals surface area contributed by atoms with Gasteiger partial charge < -0.3 is 9.67 Å². The molecule has 0 aliphatic rings. The van der Waals surface area contributed by atoms with Crippen molar-refractivity contribution in [3.05, 3.63) is 31.6 Å². The molecule has 0 radical (unpaired) electrons. The van der Waals surface area contributed by atoms with Crippen molar-refractivity contribution in [3.63, 3.8) is 0 Å². The van der Waals surface area contributed by atoms with Crippen LogP contribution in [0.15, 0.2) is 15.5 Å². The minimum Gasteiger partial charge on any atom is -0.478 e. The van der Waals surface area contributed by atoms with Gasteiger partial charge in [-0.1, -0.05) is 11.6 Å². The van der Waals surface area contributed by atoms with E-state index in [0.717, 1.165) is 4.57 Å². The van der Waals surface area contributed by atoms with Crippen molar-refractivity contribution < 1.29 is 9.90 Å². The van der Waals surface area contributed by atoms with Crippen LogP contribution in [0.4, 0.5) is 0 Å². The summed E-state index contributed by atoms with van der Waals surface area (Å²) in [6.07, 6.45) is 1.18. The highest BCUT2D eigenvalue weighted by molar-refractivity contribution is 9.10. The number of carbonyl (C=O) groups is 1. The third-order valence-electron chi connectivity index (χ3n) is 1.49. The number of aryl methyl sites for hydroxylation is 1. The van der Waals surface area contributed by atoms with E-state index in [1.807, 2.05) is 0 Å². The Morgan fingerprint density at radius 3 is 2.69 bits per heavy atom. The molecule has 0 aliphatic heterocycles. The lowest BCUT2D eigenvalue weighted by atomic mass is 10.3. The molecule has 0 saturated heterocycles. The van der Waals surface area contributed by atoms with Crippen LogP contribution in [0.1, 0.15) is 10.4 Å². The molecule has 1 heterocycles. The normalized spacial score (nSPS) is 10.1. The molecule has 1 N–H and O–H groups in total. The predicted octanol–water partition coefficient (Wildman–Crippen LogP) is 1.50. The maximum absolute atomic E-state index is 11.2. The zero-order valence-corrected chi connectivity index (χ0v) is 8.89. The first-order valence-corrected chi connectivity index (χ1v) is 4.40. The van der Waals surface area contributed by atoms with Crippen molar-refractivity contribution in [2.45, 2.75) is 0 Å². The SMILES string of the molecule is Cn1cc(C(=O)O)c(Cl)c(Br)c1=O. The van der Waals surface area contributed by atoms with E-state index in [-0.39, 0.29) is 20.6 Å². The molecule has 6 heteroatoms. The molecular formula is C7H5BrClNO3.